The zero-order valence-corrected chi connectivity index (χ0v) is 22.2. The van der Waals surface area contributed by atoms with Crippen molar-refractivity contribution in [3.63, 3.8) is 0 Å². The van der Waals surface area contributed by atoms with E-state index in [2.05, 4.69) is 21.9 Å². The zero-order chi connectivity index (χ0) is 25.8. The molecule has 37 heavy (non-hydrogen) atoms. The van der Waals surface area contributed by atoms with Crippen LogP contribution >= 0.6 is 23.2 Å². The first kappa shape index (κ1) is 26.1. The Labute approximate surface area is 228 Å². The average Bonchev–Trinajstić information content (AvgIpc) is 2.92. The third kappa shape index (κ3) is 6.29. The molecule has 2 aliphatic heterocycles. The molecule has 0 spiro atoms. The molecule has 3 aromatic carbocycles. The van der Waals surface area contributed by atoms with Crippen molar-refractivity contribution in [1.82, 2.24) is 9.80 Å². The maximum absolute atomic E-state index is 12.4. The van der Waals surface area contributed by atoms with Crippen LogP contribution < -0.4 is 4.74 Å². The van der Waals surface area contributed by atoms with E-state index in [4.69, 9.17) is 27.9 Å². The van der Waals surface area contributed by atoms with Crippen LogP contribution in [0.25, 0.3) is 11.1 Å². The predicted molar refractivity (Wildman–Crippen MR) is 149 cm³/mol. The van der Waals surface area contributed by atoms with Gasteiger partial charge in [-0.05, 0) is 60.6 Å². The molecule has 0 aliphatic carbocycles. The summed E-state index contributed by atoms with van der Waals surface area (Å²) in [5.74, 6) is -0.0267. The summed E-state index contributed by atoms with van der Waals surface area (Å²) >= 11 is 12.1. The van der Waals surface area contributed by atoms with Crippen LogP contribution in [0.2, 0.25) is 10.0 Å². The third-order valence-electron chi connectivity index (χ3n) is 7.59. The second kappa shape index (κ2) is 11.9. The minimum atomic E-state index is -0.788. The smallest absolute Gasteiger partial charge is 0.325 e. The Morgan fingerprint density at radius 3 is 2.19 bits per heavy atom. The lowest BCUT2D eigenvalue weighted by Crippen LogP contribution is -2.50. The van der Waals surface area contributed by atoms with Gasteiger partial charge >= 0.3 is 5.97 Å². The minimum absolute atomic E-state index is 0.168. The largest absolute Gasteiger partial charge is 0.490 e. The number of carboxylic acids is 1. The monoisotopic (exact) mass is 538 g/mol. The number of benzene rings is 3. The highest BCUT2D eigenvalue weighted by atomic mass is 35.5. The van der Waals surface area contributed by atoms with E-state index in [0.717, 1.165) is 74.3 Å². The number of likely N-dealkylation sites (tertiary alicyclic amines) is 2. The molecule has 1 unspecified atom stereocenters. The van der Waals surface area contributed by atoms with Gasteiger partial charge in [0, 0.05) is 38.3 Å². The Hall–Kier alpha value is -2.57. The highest BCUT2D eigenvalue weighted by Gasteiger charge is 2.34. The van der Waals surface area contributed by atoms with Crippen LogP contribution in [0, 0.1) is 0 Å². The van der Waals surface area contributed by atoms with Gasteiger partial charge in [-0.3, -0.25) is 9.69 Å². The summed E-state index contributed by atoms with van der Waals surface area (Å²) in [6.07, 6.45) is 4.04. The van der Waals surface area contributed by atoms with E-state index < -0.39 is 12.0 Å². The molecule has 1 atom stereocenters. The second-order valence-corrected chi connectivity index (χ2v) is 10.7. The number of halogens is 2. The molecule has 0 radical (unpaired) electrons. The number of nitrogens with zero attached hydrogens (tertiary/aromatic N) is 2. The first-order chi connectivity index (χ1) is 18.0. The van der Waals surface area contributed by atoms with Crippen molar-refractivity contribution >= 4 is 29.2 Å². The van der Waals surface area contributed by atoms with Gasteiger partial charge in [-0.2, -0.15) is 0 Å². The number of aliphatic carboxylic acids is 1. The number of hydrogen-bond acceptors (Lipinski definition) is 4. The average molecular weight is 540 g/mol. The Kier molecular flexibility index (Phi) is 8.36. The normalized spacial score (nSPS) is 19.0. The lowest BCUT2D eigenvalue weighted by Gasteiger charge is -2.43. The van der Waals surface area contributed by atoms with Crippen LogP contribution in [0.5, 0.6) is 5.75 Å². The fourth-order valence-corrected chi connectivity index (χ4v) is 5.93. The summed E-state index contributed by atoms with van der Waals surface area (Å²) in [7, 11) is 0. The number of ether oxygens (including phenoxy) is 1. The molecular weight excluding hydrogens is 507 g/mol. The molecule has 1 N–H and O–H groups in total. The van der Waals surface area contributed by atoms with E-state index in [9.17, 15) is 9.90 Å². The molecule has 0 aromatic heterocycles. The lowest BCUT2D eigenvalue weighted by molar-refractivity contribution is -0.144. The van der Waals surface area contributed by atoms with Gasteiger partial charge in [-0.25, -0.2) is 0 Å². The number of piperidine rings is 2. The zero-order valence-electron chi connectivity index (χ0n) is 20.7. The maximum Gasteiger partial charge on any atom is 0.325 e. The molecule has 0 saturated carbocycles. The minimum Gasteiger partial charge on any atom is -0.490 e. The summed E-state index contributed by atoms with van der Waals surface area (Å²) in [6, 6.07) is 23.3. The Balaban J connectivity index is 1.16. The fraction of sp³-hybridized carbons (Fsp3) is 0.367. The Bertz CT molecular complexity index is 1210. The fourth-order valence-electron chi connectivity index (χ4n) is 5.64. The third-order valence-corrected chi connectivity index (χ3v) is 8.33. The first-order valence-electron chi connectivity index (χ1n) is 13.0. The second-order valence-electron chi connectivity index (χ2n) is 9.93. The molecule has 5 rings (SSSR count). The standard InChI is InChI=1S/C30H32Cl2N2O3/c31-27-10-9-26(20-28(27)32)37-25-13-17-33(18-14-25)24-11-15-34(16-12-24)29(30(35)36)23-8-4-7-22(19-23)21-5-2-1-3-6-21/h1-10,19-20,24-25,29H,11-18H2,(H,35,36). The molecule has 5 nitrogen and oxygen atoms in total. The van der Waals surface area contributed by atoms with E-state index in [-0.39, 0.29) is 6.10 Å². The number of carbonyl (C=O) groups is 1. The molecule has 3 aromatic rings. The number of rotatable bonds is 7. The molecule has 0 bridgehead atoms. The van der Waals surface area contributed by atoms with Gasteiger partial charge in [0.05, 0.1) is 10.0 Å². The Morgan fingerprint density at radius 2 is 1.51 bits per heavy atom. The highest BCUT2D eigenvalue weighted by molar-refractivity contribution is 6.42. The van der Waals surface area contributed by atoms with Crippen molar-refractivity contribution in [2.24, 2.45) is 0 Å². The van der Waals surface area contributed by atoms with Crippen LogP contribution in [0.3, 0.4) is 0 Å². The molecule has 2 heterocycles. The van der Waals surface area contributed by atoms with Crippen molar-refractivity contribution in [2.75, 3.05) is 26.2 Å². The van der Waals surface area contributed by atoms with E-state index in [1.165, 1.54) is 0 Å². The molecule has 2 aliphatic rings. The Morgan fingerprint density at radius 1 is 0.811 bits per heavy atom. The molecule has 2 fully saturated rings. The SMILES string of the molecule is O=C(O)C(c1cccc(-c2ccccc2)c1)N1CCC(N2CCC(Oc3ccc(Cl)c(Cl)c3)CC2)CC1. The van der Waals surface area contributed by atoms with E-state index in [0.29, 0.717) is 16.1 Å². The van der Waals surface area contributed by atoms with Crippen LogP contribution in [0.15, 0.2) is 72.8 Å². The van der Waals surface area contributed by atoms with Crippen LogP contribution in [0.4, 0.5) is 0 Å². The molecule has 7 heteroatoms. The van der Waals surface area contributed by atoms with Gasteiger partial charge in [0.1, 0.15) is 17.9 Å². The van der Waals surface area contributed by atoms with Crippen LogP contribution in [0.1, 0.15) is 37.3 Å². The summed E-state index contributed by atoms with van der Waals surface area (Å²) in [4.78, 5) is 17.1. The van der Waals surface area contributed by atoms with Gasteiger partial charge in [0.15, 0.2) is 0 Å². The maximum atomic E-state index is 12.4. The summed E-state index contributed by atoms with van der Waals surface area (Å²) in [6.45, 7) is 3.52. The molecule has 0 amide bonds. The molecule has 2 saturated heterocycles. The van der Waals surface area contributed by atoms with Crippen LogP contribution in [-0.2, 0) is 4.79 Å². The van der Waals surface area contributed by atoms with E-state index in [1.807, 2.05) is 48.5 Å². The van der Waals surface area contributed by atoms with Gasteiger partial charge in [0.25, 0.3) is 0 Å². The number of hydrogen-bond donors (Lipinski definition) is 1. The van der Waals surface area contributed by atoms with E-state index in [1.54, 1.807) is 12.1 Å². The van der Waals surface area contributed by atoms with Gasteiger partial charge < -0.3 is 14.7 Å². The van der Waals surface area contributed by atoms with Gasteiger partial charge in [0.2, 0.25) is 0 Å². The van der Waals surface area contributed by atoms with Crippen molar-refractivity contribution in [3.8, 4) is 16.9 Å². The summed E-state index contributed by atoms with van der Waals surface area (Å²) in [5.41, 5.74) is 2.98. The quantitative estimate of drug-likeness (QED) is 0.358. The molecular formula is C30H32Cl2N2O3. The van der Waals surface area contributed by atoms with Crippen molar-refractivity contribution in [2.45, 2.75) is 43.9 Å². The van der Waals surface area contributed by atoms with Crippen molar-refractivity contribution in [3.05, 3.63) is 88.4 Å². The van der Waals surface area contributed by atoms with E-state index >= 15 is 0 Å². The lowest BCUT2D eigenvalue weighted by atomic mass is 9.94. The van der Waals surface area contributed by atoms with Crippen molar-refractivity contribution in [1.29, 1.82) is 0 Å². The van der Waals surface area contributed by atoms with Crippen molar-refractivity contribution < 1.29 is 14.6 Å². The predicted octanol–water partition coefficient (Wildman–Crippen LogP) is 6.79. The molecule has 194 valence electrons. The van der Waals surface area contributed by atoms with Crippen LogP contribution in [-0.4, -0.2) is 59.2 Å². The number of carboxylic acid groups (broad SMARTS) is 1. The van der Waals surface area contributed by atoms with Gasteiger partial charge in [-0.1, -0.05) is 71.7 Å². The van der Waals surface area contributed by atoms with Gasteiger partial charge in [-0.15, -0.1) is 0 Å². The summed E-state index contributed by atoms with van der Waals surface area (Å²) < 4.78 is 6.15. The summed E-state index contributed by atoms with van der Waals surface area (Å²) in [5, 5.41) is 11.2. The highest BCUT2D eigenvalue weighted by Crippen LogP contribution is 2.32. The first-order valence-corrected chi connectivity index (χ1v) is 13.7. The topological polar surface area (TPSA) is 53.0 Å².